The van der Waals surface area contributed by atoms with Crippen LogP contribution in [0.5, 0.6) is 0 Å². The number of aromatic nitrogens is 1. The molecule has 1 amide bonds. The number of nitrogens with zero attached hydrogens (tertiary/aromatic N) is 1. The van der Waals surface area contributed by atoms with E-state index in [1.807, 2.05) is 31.2 Å². The van der Waals surface area contributed by atoms with Gasteiger partial charge < -0.3 is 10.1 Å². The average molecular weight is 319 g/mol. The van der Waals surface area contributed by atoms with Crippen LogP contribution in [-0.4, -0.2) is 23.5 Å². The lowest BCUT2D eigenvalue weighted by Crippen LogP contribution is -2.28. The summed E-state index contributed by atoms with van der Waals surface area (Å²) in [6.45, 7) is 1.99. The second-order valence-corrected chi connectivity index (χ2v) is 5.08. The molecule has 2 aromatic rings. The van der Waals surface area contributed by atoms with Gasteiger partial charge in [-0.05, 0) is 30.2 Å². The van der Waals surface area contributed by atoms with Crippen molar-refractivity contribution >= 4 is 23.5 Å². The van der Waals surface area contributed by atoms with Crippen LogP contribution >= 0.6 is 11.6 Å². The number of nitrogens with one attached hydrogen (secondary N) is 1. The number of aryl methyl sites for hydroxylation is 1. The van der Waals surface area contributed by atoms with E-state index >= 15 is 0 Å². The van der Waals surface area contributed by atoms with Gasteiger partial charge in [0, 0.05) is 17.8 Å². The number of hydrogen-bond donors (Lipinski definition) is 1. The van der Waals surface area contributed by atoms with E-state index in [4.69, 9.17) is 16.3 Å². The molecule has 1 heterocycles. The van der Waals surface area contributed by atoms with Crippen molar-refractivity contribution in [1.82, 2.24) is 10.3 Å². The molecule has 1 aromatic carbocycles. The van der Waals surface area contributed by atoms with E-state index in [0.29, 0.717) is 11.6 Å². The summed E-state index contributed by atoms with van der Waals surface area (Å²) in [6.07, 6.45) is 1.40. The minimum Gasteiger partial charge on any atom is -0.451 e. The van der Waals surface area contributed by atoms with Crippen molar-refractivity contribution < 1.29 is 14.3 Å². The van der Waals surface area contributed by atoms with Gasteiger partial charge >= 0.3 is 5.97 Å². The normalized spacial score (nSPS) is 10.1. The molecule has 0 radical (unpaired) electrons. The van der Waals surface area contributed by atoms with Gasteiger partial charge in [0.2, 0.25) is 0 Å². The van der Waals surface area contributed by atoms with E-state index in [0.717, 1.165) is 11.1 Å². The highest BCUT2D eigenvalue weighted by atomic mass is 35.5. The van der Waals surface area contributed by atoms with E-state index in [-0.39, 0.29) is 18.2 Å². The second kappa shape index (κ2) is 7.56. The standard InChI is InChI=1S/C16H15ClN2O3/c1-11-4-2-3-5-12(11)9-19-15(20)10-22-16(21)14-8-13(17)6-7-18-14/h2-8H,9-10H2,1H3,(H,19,20). The van der Waals surface area contributed by atoms with Gasteiger partial charge in [-0.25, -0.2) is 9.78 Å². The van der Waals surface area contributed by atoms with Crippen molar-refractivity contribution in [3.05, 3.63) is 64.4 Å². The first kappa shape index (κ1) is 16.0. The first-order chi connectivity index (χ1) is 10.6. The minimum absolute atomic E-state index is 0.0687. The fraction of sp³-hybridized carbons (Fsp3) is 0.188. The Labute approximate surface area is 133 Å². The zero-order valence-corrected chi connectivity index (χ0v) is 12.8. The van der Waals surface area contributed by atoms with E-state index in [1.54, 1.807) is 6.07 Å². The van der Waals surface area contributed by atoms with Crippen LogP contribution in [0.3, 0.4) is 0 Å². The molecule has 5 nitrogen and oxygen atoms in total. The zero-order valence-electron chi connectivity index (χ0n) is 12.0. The number of benzene rings is 1. The number of halogens is 1. The molecule has 0 fully saturated rings. The van der Waals surface area contributed by atoms with Crippen LogP contribution in [0.4, 0.5) is 0 Å². The molecule has 114 valence electrons. The van der Waals surface area contributed by atoms with Gasteiger partial charge in [0.15, 0.2) is 6.61 Å². The molecule has 1 N–H and O–H groups in total. The molecule has 6 heteroatoms. The number of amides is 1. The third kappa shape index (κ3) is 4.56. The second-order valence-electron chi connectivity index (χ2n) is 4.64. The van der Waals surface area contributed by atoms with Gasteiger partial charge in [0.1, 0.15) is 5.69 Å². The molecule has 0 aliphatic carbocycles. The molecular weight excluding hydrogens is 304 g/mol. The van der Waals surface area contributed by atoms with Gasteiger partial charge in [0.25, 0.3) is 5.91 Å². The average Bonchev–Trinajstić information content (AvgIpc) is 2.52. The fourth-order valence-corrected chi connectivity index (χ4v) is 1.93. The van der Waals surface area contributed by atoms with Crippen LogP contribution in [0.15, 0.2) is 42.6 Å². The lowest BCUT2D eigenvalue weighted by molar-refractivity contribution is -0.124. The highest BCUT2D eigenvalue weighted by Gasteiger charge is 2.12. The number of carbonyl (C=O) groups is 2. The molecule has 1 aromatic heterocycles. The summed E-state index contributed by atoms with van der Waals surface area (Å²) in [5.74, 6) is -1.06. The van der Waals surface area contributed by atoms with Crippen molar-refractivity contribution in [2.24, 2.45) is 0 Å². The van der Waals surface area contributed by atoms with Crippen molar-refractivity contribution in [3.63, 3.8) is 0 Å². The van der Waals surface area contributed by atoms with E-state index < -0.39 is 5.97 Å². The largest absolute Gasteiger partial charge is 0.451 e. The number of esters is 1. The third-order valence-electron chi connectivity index (χ3n) is 3.00. The number of rotatable bonds is 5. The number of hydrogen-bond acceptors (Lipinski definition) is 4. The Bertz CT molecular complexity index is 689. The van der Waals surface area contributed by atoms with Gasteiger partial charge in [-0.1, -0.05) is 35.9 Å². The molecule has 0 aliphatic heterocycles. The smallest absolute Gasteiger partial charge is 0.357 e. The first-order valence-corrected chi connectivity index (χ1v) is 7.04. The summed E-state index contributed by atoms with van der Waals surface area (Å²) < 4.78 is 4.89. The lowest BCUT2D eigenvalue weighted by Gasteiger charge is -2.08. The highest BCUT2D eigenvalue weighted by molar-refractivity contribution is 6.30. The van der Waals surface area contributed by atoms with E-state index in [1.165, 1.54) is 12.3 Å². The predicted molar refractivity (Wildman–Crippen MR) is 82.6 cm³/mol. The maximum atomic E-state index is 11.7. The Hall–Kier alpha value is -2.40. The monoisotopic (exact) mass is 318 g/mol. The SMILES string of the molecule is Cc1ccccc1CNC(=O)COC(=O)c1cc(Cl)ccn1. The van der Waals surface area contributed by atoms with Gasteiger partial charge in [-0.2, -0.15) is 0 Å². The van der Waals surface area contributed by atoms with Crippen molar-refractivity contribution in [1.29, 1.82) is 0 Å². The summed E-state index contributed by atoms with van der Waals surface area (Å²) in [7, 11) is 0. The number of carbonyl (C=O) groups excluding carboxylic acids is 2. The summed E-state index contributed by atoms with van der Waals surface area (Å²) >= 11 is 5.76. The van der Waals surface area contributed by atoms with Crippen LogP contribution < -0.4 is 5.32 Å². The third-order valence-corrected chi connectivity index (χ3v) is 3.24. The molecule has 0 aliphatic rings. The summed E-state index contributed by atoms with van der Waals surface area (Å²) in [5, 5.41) is 3.08. The maximum Gasteiger partial charge on any atom is 0.357 e. The highest BCUT2D eigenvalue weighted by Crippen LogP contribution is 2.09. The Morgan fingerprint density at radius 2 is 2.05 bits per heavy atom. The fourth-order valence-electron chi connectivity index (χ4n) is 1.77. The molecule has 0 unspecified atom stereocenters. The van der Waals surface area contributed by atoms with Crippen LogP contribution in [0, 0.1) is 6.92 Å². The van der Waals surface area contributed by atoms with E-state index in [9.17, 15) is 9.59 Å². The van der Waals surface area contributed by atoms with E-state index in [2.05, 4.69) is 10.3 Å². The van der Waals surface area contributed by atoms with Crippen LogP contribution in [0.25, 0.3) is 0 Å². The van der Waals surface area contributed by atoms with Gasteiger partial charge in [-0.3, -0.25) is 4.79 Å². The Morgan fingerprint density at radius 1 is 1.27 bits per heavy atom. The quantitative estimate of drug-likeness (QED) is 0.860. The zero-order chi connectivity index (χ0) is 15.9. The van der Waals surface area contributed by atoms with Crippen LogP contribution in [0.2, 0.25) is 5.02 Å². The van der Waals surface area contributed by atoms with Crippen LogP contribution in [0.1, 0.15) is 21.6 Å². The van der Waals surface area contributed by atoms with Crippen molar-refractivity contribution in [2.45, 2.75) is 13.5 Å². The van der Waals surface area contributed by atoms with Crippen molar-refractivity contribution in [3.8, 4) is 0 Å². The van der Waals surface area contributed by atoms with Gasteiger partial charge in [0.05, 0.1) is 0 Å². The van der Waals surface area contributed by atoms with Crippen molar-refractivity contribution in [2.75, 3.05) is 6.61 Å². The molecule has 0 saturated heterocycles. The molecule has 2 rings (SSSR count). The predicted octanol–water partition coefficient (Wildman–Crippen LogP) is 2.52. The molecule has 0 saturated carbocycles. The Balaban J connectivity index is 1.81. The number of ether oxygens (including phenoxy) is 1. The molecule has 0 bridgehead atoms. The minimum atomic E-state index is -0.687. The summed E-state index contributed by atoms with van der Waals surface area (Å²) in [4.78, 5) is 27.2. The lowest BCUT2D eigenvalue weighted by atomic mass is 10.1. The Morgan fingerprint density at radius 3 is 2.77 bits per heavy atom. The molecule has 0 atom stereocenters. The maximum absolute atomic E-state index is 11.7. The molecule has 22 heavy (non-hydrogen) atoms. The molecule has 0 spiro atoms. The summed E-state index contributed by atoms with van der Waals surface area (Å²) in [5.41, 5.74) is 2.17. The topological polar surface area (TPSA) is 68.3 Å². The Kier molecular flexibility index (Phi) is 5.49. The first-order valence-electron chi connectivity index (χ1n) is 6.66. The van der Waals surface area contributed by atoms with Gasteiger partial charge in [-0.15, -0.1) is 0 Å². The van der Waals surface area contributed by atoms with Crippen LogP contribution in [-0.2, 0) is 16.1 Å². The molecular formula is C16H15ClN2O3. The number of pyridine rings is 1. The summed E-state index contributed by atoms with van der Waals surface area (Å²) in [6, 6.07) is 10.7.